The molecule has 14 heavy (non-hydrogen) atoms. The molecule has 0 bridgehead atoms. The molecular formula is C12H26N2. The topological polar surface area (TPSA) is 15.3 Å². The van der Waals surface area contributed by atoms with Crippen LogP contribution >= 0.6 is 0 Å². The Kier molecular flexibility index (Phi) is 9.00. The summed E-state index contributed by atoms with van der Waals surface area (Å²) in [6.45, 7) is 15.0. The molecule has 0 saturated heterocycles. The fourth-order valence-corrected chi connectivity index (χ4v) is 1.67. The summed E-state index contributed by atoms with van der Waals surface area (Å²) in [6, 6.07) is 0.609. The second-order valence-corrected chi connectivity index (χ2v) is 3.59. The molecule has 0 aromatic rings. The lowest BCUT2D eigenvalue weighted by Gasteiger charge is -2.22. The number of hydrogen-bond donors (Lipinski definition) is 1. The lowest BCUT2D eigenvalue weighted by atomic mass is 10.1. The highest BCUT2D eigenvalue weighted by atomic mass is 15.1. The van der Waals surface area contributed by atoms with Crippen LogP contribution in [0.5, 0.6) is 0 Å². The second kappa shape index (κ2) is 9.22. The molecule has 0 radical (unpaired) electrons. The molecule has 1 N–H and O–H groups in total. The summed E-state index contributed by atoms with van der Waals surface area (Å²) < 4.78 is 0. The van der Waals surface area contributed by atoms with Crippen molar-refractivity contribution in [3.05, 3.63) is 12.7 Å². The lowest BCUT2D eigenvalue weighted by molar-refractivity contribution is 0.282. The minimum absolute atomic E-state index is 0.609. The van der Waals surface area contributed by atoms with Gasteiger partial charge >= 0.3 is 0 Å². The molecule has 0 aromatic carbocycles. The molecule has 0 aliphatic carbocycles. The van der Waals surface area contributed by atoms with Gasteiger partial charge < -0.3 is 10.2 Å². The maximum atomic E-state index is 3.80. The Bertz CT molecular complexity index is 130. The van der Waals surface area contributed by atoms with Gasteiger partial charge in [0.2, 0.25) is 0 Å². The largest absolute Gasteiger partial charge is 0.314 e. The van der Waals surface area contributed by atoms with Gasteiger partial charge in [-0.05, 0) is 39.0 Å². The molecule has 0 fully saturated rings. The summed E-state index contributed by atoms with van der Waals surface area (Å²) >= 11 is 0. The van der Waals surface area contributed by atoms with Crippen LogP contribution in [-0.2, 0) is 0 Å². The van der Waals surface area contributed by atoms with Gasteiger partial charge in [0.1, 0.15) is 0 Å². The Morgan fingerprint density at radius 2 is 1.93 bits per heavy atom. The quantitative estimate of drug-likeness (QED) is 0.572. The van der Waals surface area contributed by atoms with Crippen LogP contribution in [-0.4, -0.2) is 37.1 Å². The zero-order valence-electron chi connectivity index (χ0n) is 10.1. The zero-order chi connectivity index (χ0) is 10.8. The summed E-state index contributed by atoms with van der Waals surface area (Å²) in [5.41, 5.74) is 0. The first-order chi connectivity index (χ1) is 6.78. The molecular weight excluding hydrogens is 172 g/mol. The normalized spacial score (nSPS) is 13.1. The van der Waals surface area contributed by atoms with Crippen LogP contribution in [0.25, 0.3) is 0 Å². The van der Waals surface area contributed by atoms with E-state index in [9.17, 15) is 0 Å². The van der Waals surface area contributed by atoms with E-state index in [-0.39, 0.29) is 0 Å². The van der Waals surface area contributed by atoms with E-state index in [1.165, 1.54) is 13.0 Å². The first kappa shape index (κ1) is 13.7. The second-order valence-electron chi connectivity index (χ2n) is 3.59. The van der Waals surface area contributed by atoms with Crippen molar-refractivity contribution in [2.75, 3.05) is 26.2 Å². The van der Waals surface area contributed by atoms with Gasteiger partial charge in [0.15, 0.2) is 0 Å². The van der Waals surface area contributed by atoms with Crippen molar-refractivity contribution in [3.63, 3.8) is 0 Å². The van der Waals surface area contributed by atoms with Gasteiger partial charge in [-0.25, -0.2) is 0 Å². The monoisotopic (exact) mass is 198 g/mol. The highest BCUT2D eigenvalue weighted by Gasteiger charge is 2.06. The van der Waals surface area contributed by atoms with Crippen molar-refractivity contribution in [2.45, 2.75) is 39.7 Å². The van der Waals surface area contributed by atoms with Crippen molar-refractivity contribution < 1.29 is 0 Å². The Morgan fingerprint density at radius 3 is 2.36 bits per heavy atom. The molecule has 2 nitrogen and oxygen atoms in total. The molecule has 0 aliphatic heterocycles. The summed E-state index contributed by atoms with van der Waals surface area (Å²) in [5.74, 6) is 0. The number of hydrogen-bond acceptors (Lipinski definition) is 2. The van der Waals surface area contributed by atoms with Crippen molar-refractivity contribution in [1.29, 1.82) is 0 Å². The summed E-state index contributed by atoms with van der Waals surface area (Å²) in [6.07, 6.45) is 4.31. The van der Waals surface area contributed by atoms with Crippen LogP contribution in [0.3, 0.4) is 0 Å². The fourth-order valence-electron chi connectivity index (χ4n) is 1.67. The van der Waals surface area contributed by atoms with Gasteiger partial charge in [0.05, 0.1) is 0 Å². The number of rotatable bonds is 9. The van der Waals surface area contributed by atoms with Gasteiger partial charge in [-0.1, -0.05) is 26.8 Å². The molecule has 2 heteroatoms. The average Bonchev–Trinajstić information content (AvgIpc) is 2.20. The SMILES string of the molecule is C=CCC(CCN(CC)CC)NCC. The van der Waals surface area contributed by atoms with E-state index in [1.54, 1.807) is 0 Å². The van der Waals surface area contributed by atoms with E-state index >= 15 is 0 Å². The third-order valence-electron chi connectivity index (χ3n) is 2.63. The molecule has 0 rings (SSSR count). The van der Waals surface area contributed by atoms with Crippen LogP contribution < -0.4 is 5.32 Å². The van der Waals surface area contributed by atoms with Crippen LogP contribution in [0.2, 0.25) is 0 Å². The van der Waals surface area contributed by atoms with Gasteiger partial charge in [0.25, 0.3) is 0 Å². The molecule has 0 amide bonds. The van der Waals surface area contributed by atoms with Crippen LogP contribution in [0.15, 0.2) is 12.7 Å². The molecule has 1 unspecified atom stereocenters. The Labute approximate surface area is 89.4 Å². The zero-order valence-corrected chi connectivity index (χ0v) is 10.1. The molecule has 0 saturated carbocycles. The predicted octanol–water partition coefficient (Wildman–Crippen LogP) is 2.27. The first-order valence-corrected chi connectivity index (χ1v) is 5.85. The molecule has 0 aromatic heterocycles. The smallest absolute Gasteiger partial charge is 0.0113 e. The van der Waals surface area contributed by atoms with Gasteiger partial charge in [-0.3, -0.25) is 0 Å². The van der Waals surface area contributed by atoms with Gasteiger partial charge in [-0.2, -0.15) is 0 Å². The molecule has 0 spiro atoms. The summed E-state index contributed by atoms with van der Waals surface area (Å²) in [7, 11) is 0. The van der Waals surface area contributed by atoms with E-state index in [2.05, 4.69) is 37.6 Å². The first-order valence-electron chi connectivity index (χ1n) is 5.85. The molecule has 0 aliphatic rings. The fraction of sp³-hybridized carbons (Fsp3) is 0.833. The van der Waals surface area contributed by atoms with Crippen molar-refractivity contribution in [1.82, 2.24) is 10.2 Å². The predicted molar refractivity (Wildman–Crippen MR) is 64.7 cm³/mol. The highest BCUT2D eigenvalue weighted by Crippen LogP contribution is 2.01. The number of nitrogens with zero attached hydrogens (tertiary/aromatic N) is 1. The Morgan fingerprint density at radius 1 is 1.29 bits per heavy atom. The molecule has 0 heterocycles. The van der Waals surface area contributed by atoms with E-state index < -0.39 is 0 Å². The van der Waals surface area contributed by atoms with Crippen molar-refractivity contribution in [3.8, 4) is 0 Å². The summed E-state index contributed by atoms with van der Waals surface area (Å²) in [4.78, 5) is 2.47. The Hall–Kier alpha value is -0.340. The van der Waals surface area contributed by atoms with E-state index in [0.29, 0.717) is 6.04 Å². The van der Waals surface area contributed by atoms with Crippen molar-refractivity contribution in [2.24, 2.45) is 0 Å². The van der Waals surface area contributed by atoms with Crippen LogP contribution in [0, 0.1) is 0 Å². The standard InChI is InChI=1S/C12H26N2/c1-5-9-12(13-6-2)10-11-14(7-3)8-4/h5,12-13H,1,6-11H2,2-4H3. The van der Waals surface area contributed by atoms with E-state index in [1.807, 2.05) is 6.08 Å². The van der Waals surface area contributed by atoms with Crippen LogP contribution in [0.4, 0.5) is 0 Å². The maximum absolute atomic E-state index is 3.80. The third-order valence-corrected chi connectivity index (χ3v) is 2.63. The molecule has 84 valence electrons. The minimum atomic E-state index is 0.609. The van der Waals surface area contributed by atoms with E-state index in [4.69, 9.17) is 0 Å². The lowest BCUT2D eigenvalue weighted by Crippen LogP contribution is -2.34. The minimum Gasteiger partial charge on any atom is -0.314 e. The molecule has 1 atom stereocenters. The highest BCUT2D eigenvalue weighted by molar-refractivity contribution is 4.78. The Balaban J connectivity index is 3.72. The van der Waals surface area contributed by atoms with Gasteiger partial charge in [0, 0.05) is 6.04 Å². The summed E-state index contributed by atoms with van der Waals surface area (Å²) in [5, 5.41) is 3.49. The maximum Gasteiger partial charge on any atom is 0.0113 e. The average molecular weight is 198 g/mol. The number of nitrogens with one attached hydrogen (secondary N) is 1. The van der Waals surface area contributed by atoms with E-state index in [0.717, 1.165) is 26.1 Å². The third kappa shape index (κ3) is 6.17. The van der Waals surface area contributed by atoms with Gasteiger partial charge in [-0.15, -0.1) is 6.58 Å². The van der Waals surface area contributed by atoms with Crippen molar-refractivity contribution >= 4 is 0 Å². The van der Waals surface area contributed by atoms with Crippen LogP contribution in [0.1, 0.15) is 33.6 Å².